The second-order valence-electron chi connectivity index (χ2n) is 5.01. The van der Waals surface area contributed by atoms with Crippen LogP contribution < -0.4 is 4.90 Å². The quantitative estimate of drug-likeness (QED) is 0.853. The van der Waals surface area contributed by atoms with E-state index < -0.39 is 0 Å². The first-order chi connectivity index (χ1) is 9.13. The van der Waals surface area contributed by atoms with Crippen LogP contribution in [0, 0.1) is 11.8 Å². The molecule has 7 heteroatoms. The van der Waals surface area contributed by atoms with Crippen molar-refractivity contribution in [2.75, 3.05) is 18.5 Å². The zero-order valence-electron chi connectivity index (χ0n) is 10.9. The van der Waals surface area contributed by atoms with E-state index in [0.717, 1.165) is 18.4 Å². The fourth-order valence-electron chi connectivity index (χ4n) is 2.08. The Morgan fingerprint density at radius 1 is 1.42 bits per heavy atom. The van der Waals surface area contributed by atoms with Crippen molar-refractivity contribution in [3.05, 3.63) is 23.7 Å². The zero-order valence-corrected chi connectivity index (χ0v) is 11.6. The highest BCUT2D eigenvalue weighted by molar-refractivity contribution is 6.28. The molecule has 0 radical (unpaired) electrons. The van der Waals surface area contributed by atoms with Crippen LogP contribution in [0.5, 0.6) is 0 Å². The lowest BCUT2D eigenvalue weighted by Crippen LogP contribution is -2.24. The number of rotatable bonds is 4. The lowest BCUT2D eigenvalue weighted by Gasteiger charge is -2.17. The first-order valence-corrected chi connectivity index (χ1v) is 6.64. The summed E-state index contributed by atoms with van der Waals surface area (Å²) < 4.78 is 1.57. The summed E-state index contributed by atoms with van der Waals surface area (Å²) in [4.78, 5) is 14.7. The van der Waals surface area contributed by atoms with Gasteiger partial charge in [-0.15, -0.1) is 0 Å². The van der Waals surface area contributed by atoms with Gasteiger partial charge in [0.15, 0.2) is 0 Å². The summed E-state index contributed by atoms with van der Waals surface area (Å²) in [6.07, 6.45) is 4.72. The third kappa shape index (κ3) is 2.68. The van der Waals surface area contributed by atoms with Gasteiger partial charge >= 0.3 is 0 Å². The van der Waals surface area contributed by atoms with Gasteiger partial charge in [0, 0.05) is 26.0 Å². The SMILES string of the molecule is CC1CC1CN(C)c1nc(Cl)nc(-n2cccn2)n1. The maximum absolute atomic E-state index is 5.96. The summed E-state index contributed by atoms with van der Waals surface area (Å²) >= 11 is 5.96. The summed E-state index contributed by atoms with van der Waals surface area (Å²) in [7, 11) is 1.98. The van der Waals surface area contributed by atoms with Crippen molar-refractivity contribution in [3.8, 4) is 5.95 Å². The molecule has 1 aliphatic rings. The van der Waals surface area contributed by atoms with Crippen LogP contribution in [-0.4, -0.2) is 38.3 Å². The van der Waals surface area contributed by atoms with Crippen LogP contribution in [0.15, 0.2) is 18.5 Å². The molecule has 6 nitrogen and oxygen atoms in total. The minimum atomic E-state index is 0.186. The van der Waals surface area contributed by atoms with Gasteiger partial charge in [-0.1, -0.05) is 6.92 Å². The molecule has 2 atom stereocenters. The molecule has 2 unspecified atom stereocenters. The maximum Gasteiger partial charge on any atom is 0.256 e. The van der Waals surface area contributed by atoms with Gasteiger partial charge in [-0.2, -0.15) is 20.1 Å². The van der Waals surface area contributed by atoms with Gasteiger partial charge in [0.2, 0.25) is 11.2 Å². The summed E-state index contributed by atoms with van der Waals surface area (Å²) in [5, 5.41) is 4.29. The van der Waals surface area contributed by atoms with Crippen LogP contribution in [0.4, 0.5) is 5.95 Å². The molecule has 1 aliphatic carbocycles. The number of halogens is 1. The van der Waals surface area contributed by atoms with Crippen molar-refractivity contribution in [2.45, 2.75) is 13.3 Å². The van der Waals surface area contributed by atoms with Gasteiger partial charge in [-0.05, 0) is 35.9 Å². The first-order valence-electron chi connectivity index (χ1n) is 6.26. The molecule has 19 heavy (non-hydrogen) atoms. The Morgan fingerprint density at radius 2 is 2.21 bits per heavy atom. The standard InChI is InChI=1S/C12H15ClN6/c1-8-6-9(8)7-18(2)11-15-10(13)16-12(17-11)19-5-3-4-14-19/h3-5,8-9H,6-7H2,1-2H3. The largest absolute Gasteiger partial charge is 0.343 e. The van der Waals surface area contributed by atoms with E-state index in [-0.39, 0.29) is 5.28 Å². The van der Waals surface area contributed by atoms with Crippen molar-refractivity contribution >= 4 is 17.5 Å². The van der Waals surface area contributed by atoms with E-state index in [0.29, 0.717) is 11.9 Å². The van der Waals surface area contributed by atoms with E-state index in [4.69, 9.17) is 11.6 Å². The molecule has 0 amide bonds. The Balaban J connectivity index is 1.85. The van der Waals surface area contributed by atoms with Crippen molar-refractivity contribution in [1.29, 1.82) is 0 Å². The molecule has 0 aliphatic heterocycles. The lowest BCUT2D eigenvalue weighted by molar-refractivity contribution is 0.702. The van der Waals surface area contributed by atoms with Gasteiger partial charge in [-0.3, -0.25) is 0 Å². The highest BCUT2D eigenvalue weighted by Gasteiger charge is 2.33. The molecule has 0 aromatic carbocycles. The number of anilines is 1. The Labute approximate surface area is 116 Å². The summed E-state index contributed by atoms with van der Waals surface area (Å²) in [6.45, 7) is 3.20. The second-order valence-corrected chi connectivity index (χ2v) is 5.35. The average molecular weight is 279 g/mol. The molecule has 2 aromatic heterocycles. The smallest absolute Gasteiger partial charge is 0.256 e. The normalized spacial score (nSPS) is 21.4. The van der Waals surface area contributed by atoms with E-state index in [9.17, 15) is 0 Å². The molecule has 2 aromatic rings. The molecule has 100 valence electrons. The summed E-state index contributed by atoms with van der Waals surface area (Å²) in [5.41, 5.74) is 0. The van der Waals surface area contributed by atoms with Crippen LogP contribution in [0.1, 0.15) is 13.3 Å². The first kappa shape index (κ1) is 12.3. The molecule has 3 rings (SSSR count). The minimum Gasteiger partial charge on any atom is -0.343 e. The zero-order chi connectivity index (χ0) is 13.4. The number of hydrogen-bond acceptors (Lipinski definition) is 5. The van der Waals surface area contributed by atoms with Gasteiger partial charge in [0.05, 0.1) is 0 Å². The Morgan fingerprint density at radius 3 is 2.84 bits per heavy atom. The predicted octanol–water partition coefficient (Wildman–Crippen LogP) is 1.80. The molecule has 0 bridgehead atoms. The van der Waals surface area contributed by atoms with Crippen molar-refractivity contribution < 1.29 is 0 Å². The van der Waals surface area contributed by atoms with Gasteiger partial charge in [0.25, 0.3) is 5.95 Å². The maximum atomic E-state index is 5.96. The number of hydrogen-bond donors (Lipinski definition) is 0. The molecule has 2 heterocycles. The minimum absolute atomic E-state index is 0.186. The fourth-order valence-corrected chi connectivity index (χ4v) is 2.23. The summed E-state index contributed by atoms with van der Waals surface area (Å²) in [5.74, 6) is 2.55. The van der Waals surface area contributed by atoms with Crippen molar-refractivity contribution in [2.24, 2.45) is 11.8 Å². The molecular formula is C12H15ClN6. The monoisotopic (exact) mass is 278 g/mol. The van der Waals surface area contributed by atoms with E-state index >= 15 is 0 Å². The second kappa shape index (κ2) is 4.77. The molecular weight excluding hydrogens is 264 g/mol. The third-order valence-electron chi connectivity index (χ3n) is 3.42. The Kier molecular flexibility index (Phi) is 3.10. The van der Waals surface area contributed by atoms with E-state index in [1.54, 1.807) is 17.1 Å². The third-order valence-corrected chi connectivity index (χ3v) is 3.59. The molecule has 0 saturated heterocycles. The molecule has 1 saturated carbocycles. The van der Waals surface area contributed by atoms with Crippen molar-refractivity contribution in [3.63, 3.8) is 0 Å². The predicted molar refractivity (Wildman–Crippen MR) is 72.5 cm³/mol. The van der Waals surface area contributed by atoms with E-state index in [1.165, 1.54) is 6.42 Å². The van der Waals surface area contributed by atoms with Gasteiger partial charge in [0.1, 0.15) is 0 Å². The van der Waals surface area contributed by atoms with Gasteiger partial charge in [-0.25, -0.2) is 4.68 Å². The Hall–Kier alpha value is -1.69. The van der Waals surface area contributed by atoms with Crippen LogP contribution in [0.25, 0.3) is 5.95 Å². The topological polar surface area (TPSA) is 59.7 Å². The van der Waals surface area contributed by atoms with Crippen LogP contribution in [0.2, 0.25) is 5.28 Å². The highest BCUT2D eigenvalue weighted by Crippen LogP contribution is 2.38. The van der Waals surface area contributed by atoms with E-state index in [2.05, 4.69) is 27.0 Å². The Bertz CT molecular complexity index is 570. The van der Waals surface area contributed by atoms with Crippen LogP contribution in [0.3, 0.4) is 0 Å². The van der Waals surface area contributed by atoms with Crippen LogP contribution in [-0.2, 0) is 0 Å². The number of nitrogens with zero attached hydrogens (tertiary/aromatic N) is 6. The molecule has 0 spiro atoms. The highest BCUT2D eigenvalue weighted by atomic mass is 35.5. The van der Waals surface area contributed by atoms with Gasteiger partial charge < -0.3 is 4.90 Å². The number of aromatic nitrogens is 5. The molecule has 1 fully saturated rings. The average Bonchev–Trinajstić information content (AvgIpc) is 2.88. The summed E-state index contributed by atoms with van der Waals surface area (Å²) in [6, 6.07) is 1.81. The van der Waals surface area contributed by atoms with Crippen LogP contribution >= 0.6 is 11.6 Å². The lowest BCUT2D eigenvalue weighted by atomic mass is 10.3. The molecule has 0 N–H and O–H groups in total. The van der Waals surface area contributed by atoms with E-state index in [1.807, 2.05) is 18.0 Å². The fraction of sp³-hybridized carbons (Fsp3) is 0.500. The van der Waals surface area contributed by atoms with Crippen molar-refractivity contribution in [1.82, 2.24) is 24.7 Å².